The summed E-state index contributed by atoms with van der Waals surface area (Å²) in [6.07, 6.45) is 12.2. The van der Waals surface area contributed by atoms with Gasteiger partial charge in [-0.1, -0.05) is 87.1 Å². The van der Waals surface area contributed by atoms with Crippen molar-refractivity contribution in [1.29, 1.82) is 0 Å². The van der Waals surface area contributed by atoms with Crippen LogP contribution in [-0.4, -0.2) is 47.3 Å². The average molecular weight is 511 g/mol. The second-order valence-electron chi connectivity index (χ2n) is 10.6. The highest BCUT2D eigenvalue weighted by Gasteiger charge is 2.25. The fourth-order valence-corrected chi connectivity index (χ4v) is 5.88. The largest absolute Gasteiger partial charge is 0.347 e. The van der Waals surface area contributed by atoms with Crippen molar-refractivity contribution in [3.63, 3.8) is 0 Å². The summed E-state index contributed by atoms with van der Waals surface area (Å²) in [6, 6.07) is 17.1. The van der Waals surface area contributed by atoms with E-state index < -0.39 is 0 Å². The summed E-state index contributed by atoms with van der Waals surface area (Å²) in [5.41, 5.74) is 4.19. The summed E-state index contributed by atoms with van der Waals surface area (Å²) >= 11 is 0. The van der Waals surface area contributed by atoms with E-state index in [2.05, 4.69) is 56.3 Å². The van der Waals surface area contributed by atoms with Crippen LogP contribution >= 0.6 is 0 Å². The molecule has 2 aromatic heterocycles. The van der Waals surface area contributed by atoms with Crippen molar-refractivity contribution in [2.24, 2.45) is 0 Å². The van der Waals surface area contributed by atoms with Crippen molar-refractivity contribution >= 4 is 5.91 Å². The molecule has 2 aliphatic rings. The number of tetrazole rings is 1. The van der Waals surface area contributed by atoms with Gasteiger partial charge in [-0.25, -0.2) is 9.67 Å². The molecule has 2 saturated carbocycles. The Balaban J connectivity index is 1.24. The fourth-order valence-electron chi connectivity index (χ4n) is 5.88. The normalized spacial score (nSPS) is 16.9. The molecule has 2 heterocycles. The molecule has 2 aliphatic carbocycles. The number of carbonyl (C=O) groups excluding carboxylic acids is 1. The van der Waals surface area contributed by atoms with Gasteiger partial charge in [0.25, 0.3) is 5.91 Å². The number of hydrogen-bond acceptors (Lipinski definition) is 6. The molecule has 0 spiro atoms. The molecule has 2 fully saturated rings. The van der Waals surface area contributed by atoms with E-state index in [-0.39, 0.29) is 11.9 Å². The van der Waals surface area contributed by atoms with Gasteiger partial charge in [0.1, 0.15) is 5.82 Å². The highest BCUT2D eigenvalue weighted by molar-refractivity contribution is 5.90. The van der Waals surface area contributed by atoms with Crippen molar-refractivity contribution in [2.45, 2.75) is 82.7 Å². The van der Waals surface area contributed by atoms with E-state index in [1.807, 2.05) is 22.9 Å². The van der Waals surface area contributed by atoms with Gasteiger partial charge in [0, 0.05) is 18.0 Å². The highest BCUT2D eigenvalue weighted by Crippen LogP contribution is 2.31. The molecule has 0 saturated heterocycles. The second kappa shape index (κ2) is 11.2. The van der Waals surface area contributed by atoms with Crippen LogP contribution in [0.2, 0.25) is 0 Å². The summed E-state index contributed by atoms with van der Waals surface area (Å²) in [7, 11) is 0. The monoisotopic (exact) mass is 510 g/mol. The van der Waals surface area contributed by atoms with Gasteiger partial charge in [0.15, 0.2) is 0 Å². The number of carbonyl (C=O) groups is 1. The molecule has 0 bridgehead atoms. The zero-order valence-corrected chi connectivity index (χ0v) is 21.6. The third-order valence-electron chi connectivity index (χ3n) is 7.91. The number of amides is 1. The first-order valence-electron chi connectivity index (χ1n) is 13.9. The number of nitrogens with one attached hydrogen (secondary N) is 2. The molecular weight excluding hydrogens is 476 g/mol. The van der Waals surface area contributed by atoms with E-state index in [0.29, 0.717) is 24.1 Å². The molecule has 38 heavy (non-hydrogen) atoms. The van der Waals surface area contributed by atoms with Crippen molar-refractivity contribution in [2.75, 3.05) is 0 Å². The number of rotatable bonds is 7. The standard InChI is InChI=1S/C29H34N8O/c38-29(30-22-9-3-1-4-10-22)28-31-26(37(34-28)23-11-5-2-6-12-23)19-20-15-17-21(18-16-20)24-13-7-8-14-25(24)27-32-35-36-33-27/h7-8,13-18,22-23H,1-6,9-12,19H2,(H,30,38)(H,32,33,35,36). The number of aromatic nitrogens is 7. The van der Waals surface area contributed by atoms with Crippen molar-refractivity contribution in [3.8, 4) is 22.5 Å². The third kappa shape index (κ3) is 5.37. The van der Waals surface area contributed by atoms with E-state index in [0.717, 1.165) is 53.8 Å². The van der Waals surface area contributed by atoms with Gasteiger partial charge in [-0.15, -0.1) is 15.3 Å². The van der Waals surface area contributed by atoms with Crippen LogP contribution in [0.3, 0.4) is 0 Å². The van der Waals surface area contributed by atoms with Gasteiger partial charge in [-0.05, 0) is 47.6 Å². The van der Waals surface area contributed by atoms with E-state index in [4.69, 9.17) is 10.1 Å². The predicted molar refractivity (Wildman–Crippen MR) is 144 cm³/mol. The first kappa shape index (κ1) is 24.5. The number of hydrogen-bond donors (Lipinski definition) is 2. The molecule has 9 heteroatoms. The van der Waals surface area contributed by atoms with Gasteiger partial charge >= 0.3 is 0 Å². The quantitative estimate of drug-likeness (QED) is 0.349. The zero-order valence-electron chi connectivity index (χ0n) is 21.6. The Morgan fingerprint density at radius 3 is 2.32 bits per heavy atom. The first-order valence-corrected chi connectivity index (χ1v) is 13.9. The second-order valence-corrected chi connectivity index (χ2v) is 10.6. The van der Waals surface area contributed by atoms with Crippen LogP contribution in [-0.2, 0) is 6.42 Å². The van der Waals surface area contributed by atoms with E-state index in [1.165, 1.54) is 38.5 Å². The fraction of sp³-hybridized carbons (Fsp3) is 0.448. The van der Waals surface area contributed by atoms with Gasteiger partial charge in [-0.2, -0.15) is 5.21 Å². The molecule has 0 radical (unpaired) electrons. The van der Waals surface area contributed by atoms with Crippen LogP contribution in [0.5, 0.6) is 0 Å². The van der Waals surface area contributed by atoms with E-state index >= 15 is 0 Å². The lowest BCUT2D eigenvalue weighted by molar-refractivity contribution is 0.0916. The van der Waals surface area contributed by atoms with Crippen LogP contribution in [0.4, 0.5) is 0 Å². The maximum Gasteiger partial charge on any atom is 0.291 e. The molecular formula is C29H34N8O. The smallest absolute Gasteiger partial charge is 0.291 e. The minimum atomic E-state index is -0.138. The topological polar surface area (TPSA) is 114 Å². The summed E-state index contributed by atoms with van der Waals surface area (Å²) in [4.78, 5) is 17.9. The van der Waals surface area contributed by atoms with Crippen molar-refractivity contribution in [3.05, 3.63) is 65.7 Å². The molecule has 6 rings (SSSR count). The summed E-state index contributed by atoms with van der Waals surface area (Å²) in [6.45, 7) is 0. The van der Waals surface area contributed by atoms with E-state index in [9.17, 15) is 4.79 Å². The molecule has 0 aliphatic heterocycles. The number of nitrogens with zero attached hydrogens (tertiary/aromatic N) is 6. The lowest BCUT2D eigenvalue weighted by Crippen LogP contribution is -2.36. The van der Waals surface area contributed by atoms with Crippen molar-refractivity contribution in [1.82, 2.24) is 40.7 Å². The van der Waals surface area contributed by atoms with Gasteiger partial charge in [0.2, 0.25) is 11.6 Å². The number of benzene rings is 2. The third-order valence-corrected chi connectivity index (χ3v) is 7.91. The zero-order chi connectivity index (χ0) is 25.7. The minimum Gasteiger partial charge on any atom is -0.347 e. The Morgan fingerprint density at radius 2 is 1.61 bits per heavy atom. The first-order chi connectivity index (χ1) is 18.7. The Morgan fingerprint density at radius 1 is 0.895 bits per heavy atom. The molecule has 196 valence electrons. The minimum absolute atomic E-state index is 0.138. The van der Waals surface area contributed by atoms with E-state index in [1.54, 1.807) is 0 Å². The summed E-state index contributed by atoms with van der Waals surface area (Å²) in [5, 5.41) is 22.5. The van der Waals surface area contributed by atoms with Gasteiger partial charge < -0.3 is 5.32 Å². The highest BCUT2D eigenvalue weighted by atomic mass is 16.2. The van der Waals surface area contributed by atoms with Crippen molar-refractivity contribution < 1.29 is 4.79 Å². The Kier molecular flexibility index (Phi) is 7.24. The van der Waals surface area contributed by atoms with Crippen LogP contribution in [0, 0.1) is 0 Å². The number of aromatic amines is 1. The lowest BCUT2D eigenvalue weighted by Gasteiger charge is -2.23. The number of H-pyrrole nitrogens is 1. The molecule has 9 nitrogen and oxygen atoms in total. The lowest BCUT2D eigenvalue weighted by atomic mass is 9.95. The molecule has 1 amide bonds. The molecule has 0 atom stereocenters. The maximum atomic E-state index is 13.1. The van der Waals surface area contributed by atoms with Crippen LogP contribution in [0.15, 0.2) is 48.5 Å². The van der Waals surface area contributed by atoms with Crippen LogP contribution in [0.1, 0.15) is 92.3 Å². The Hall–Kier alpha value is -3.88. The molecule has 2 aromatic carbocycles. The predicted octanol–water partition coefficient (Wildman–Crippen LogP) is 5.28. The Labute approximate surface area is 222 Å². The van der Waals surface area contributed by atoms with Gasteiger partial charge in [-0.3, -0.25) is 4.79 Å². The molecule has 2 N–H and O–H groups in total. The average Bonchev–Trinajstić information content (AvgIpc) is 3.66. The Bertz CT molecular complexity index is 1350. The van der Waals surface area contributed by atoms with Crippen LogP contribution in [0.25, 0.3) is 22.5 Å². The maximum absolute atomic E-state index is 13.1. The summed E-state index contributed by atoms with van der Waals surface area (Å²) in [5.74, 6) is 1.61. The van der Waals surface area contributed by atoms with Crippen LogP contribution < -0.4 is 5.32 Å². The molecule has 4 aromatic rings. The SMILES string of the molecule is O=C(NC1CCCCC1)c1nc(Cc2ccc(-c3ccccc3-c3nn[nH]n3)cc2)n(C2CCCCC2)n1. The summed E-state index contributed by atoms with van der Waals surface area (Å²) < 4.78 is 2.05. The van der Waals surface area contributed by atoms with Gasteiger partial charge in [0.05, 0.1) is 6.04 Å². The molecule has 0 unspecified atom stereocenters.